The molecule has 122 valence electrons. The molecule has 1 aliphatic heterocycles. The maximum absolute atomic E-state index is 12.8. The third kappa shape index (κ3) is 2.60. The summed E-state index contributed by atoms with van der Waals surface area (Å²) < 4.78 is 7.22. The van der Waals surface area contributed by atoms with E-state index in [0.717, 1.165) is 35.9 Å². The van der Waals surface area contributed by atoms with E-state index < -0.39 is 5.78 Å². The number of nitrogens with zero attached hydrogens (tertiary/aromatic N) is 2. The predicted molar refractivity (Wildman–Crippen MR) is 89.0 cm³/mol. The van der Waals surface area contributed by atoms with E-state index in [0.29, 0.717) is 24.4 Å². The molecule has 1 aromatic carbocycles. The first-order valence-corrected chi connectivity index (χ1v) is 8.01. The first kappa shape index (κ1) is 15.6. The largest absolute Gasteiger partial charge is 0.497 e. The van der Waals surface area contributed by atoms with Gasteiger partial charge in [-0.15, -0.1) is 0 Å². The number of benzene rings is 1. The fourth-order valence-corrected chi connectivity index (χ4v) is 3.31. The van der Waals surface area contributed by atoms with E-state index in [-0.39, 0.29) is 5.91 Å². The monoisotopic (exact) mass is 314 g/mol. The van der Waals surface area contributed by atoms with Crippen molar-refractivity contribution in [1.82, 2.24) is 9.47 Å². The maximum Gasteiger partial charge on any atom is 0.295 e. The summed E-state index contributed by atoms with van der Waals surface area (Å²) in [6, 6.07) is 5.62. The molecule has 0 saturated carbocycles. The summed E-state index contributed by atoms with van der Waals surface area (Å²) in [4.78, 5) is 27.1. The number of hydrogen-bond donors (Lipinski definition) is 0. The molecule has 1 aliphatic rings. The van der Waals surface area contributed by atoms with Gasteiger partial charge in [-0.1, -0.05) is 0 Å². The number of fused-ring (bicyclic) bond motifs is 1. The van der Waals surface area contributed by atoms with Gasteiger partial charge in [0, 0.05) is 36.7 Å². The fraction of sp³-hybridized carbons (Fsp3) is 0.444. The number of likely N-dealkylation sites (tertiary alicyclic amines) is 1. The first-order chi connectivity index (χ1) is 11.0. The highest BCUT2D eigenvalue weighted by atomic mass is 16.5. The van der Waals surface area contributed by atoms with Crippen LogP contribution in [0.2, 0.25) is 0 Å². The number of aryl methyl sites for hydroxylation is 1. The average molecular weight is 314 g/mol. The molecule has 0 unspecified atom stereocenters. The number of carbonyl (C=O) groups is 2. The number of piperidine rings is 1. The SMILES string of the molecule is COc1ccc2c(c1)c(C(=O)C(=O)N1CCCCC1)c(C)n2C. The molecule has 2 aromatic rings. The van der Waals surface area contributed by atoms with Crippen molar-refractivity contribution in [2.24, 2.45) is 7.05 Å². The lowest BCUT2D eigenvalue weighted by atomic mass is 10.0. The number of hydrogen-bond acceptors (Lipinski definition) is 3. The second kappa shape index (κ2) is 6.07. The Hall–Kier alpha value is -2.30. The average Bonchev–Trinajstić information content (AvgIpc) is 2.84. The second-order valence-electron chi connectivity index (χ2n) is 6.08. The van der Waals surface area contributed by atoms with Gasteiger partial charge >= 0.3 is 0 Å². The van der Waals surface area contributed by atoms with Gasteiger partial charge in [-0.05, 0) is 44.4 Å². The summed E-state index contributed by atoms with van der Waals surface area (Å²) in [7, 11) is 3.50. The van der Waals surface area contributed by atoms with Crippen molar-refractivity contribution < 1.29 is 14.3 Å². The van der Waals surface area contributed by atoms with Gasteiger partial charge in [-0.2, -0.15) is 0 Å². The summed E-state index contributed by atoms with van der Waals surface area (Å²) in [6.07, 6.45) is 3.07. The standard InChI is InChI=1S/C18H22N2O3/c1-12-16(17(21)18(22)20-9-5-4-6-10-20)14-11-13(23-3)7-8-15(14)19(12)2/h7-8,11H,4-6,9-10H2,1-3H3. The summed E-state index contributed by atoms with van der Waals surface area (Å²) in [6.45, 7) is 3.23. The van der Waals surface area contributed by atoms with E-state index >= 15 is 0 Å². The number of Topliss-reactive ketones (excluding diaryl/α,β-unsaturated/α-hetero) is 1. The highest BCUT2D eigenvalue weighted by Crippen LogP contribution is 2.29. The molecule has 0 radical (unpaired) electrons. The summed E-state index contributed by atoms with van der Waals surface area (Å²) >= 11 is 0. The molecule has 0 bridgehead atoms. The molecular formula is C18H22N2O3. The van der Waals surface area contributed by atoms with Crippen LogP contribution in [-0.2, 0) is 11.8 Å². The Kier molecular flexibility index (Phi) is 4.11. The molecule has 5 nitrogen and oxygen atoms in total. The summed E-state index contributed by atoms with van der Waals surface area (Å²) in [5, 5.41) is 0.778. The van der Waals surface area contributed by atoms with Crippen LogP contribution in [0.5, 0.6) is 5.75 Å². The Morgan fingerprint density at radius 1 is 1.13 bits per heavy atom. The van der Waals surface area contributed by atoms with Crippen molar-refractivity contribution in [3.05, 3.63) is 29.5 Å². The minimum Gasteiger partial charge on any atom is -0.497 e. The van der Waals surface area contributed by atoms with Gasteiger partial charge in [0.2, 0.25) is 0 Å². The van der Waals surface area contributed by atoms with Crippen LogP contribution in [-0.4, -0.2) is 41.4 Å². The minimum absolute atomic E-state index is 0.386. The lowest BCUT2D eigenvalue weighted by Gasteiger charge is -2.25. The molecule has 0 aliphatic carbocycles. The second-order valence-corrected chi connectivity index (χ2v) is 6.08. The van der Waals surface area contributed by atoms with Gasteiger partial charge < -0.3 is 14.2 Å². The van der Waals surface area contributed by atoms with Crippen LogP contribution >= 0.6 is 0 Å². The normalized spacial score (nSPS) is 15.0. The van der Waals surface area contributed by atoms with Gasteiger partial charge in [-0.3, -0.25) is 9.59 Å². The lowest BCUT2D eigenvalue weighted by Crippen LogP contribution is -2.40. The molecule has 1 aromatic heterocycles. The summed E-state index contributed by atoms with van der Waals surface area (Å²) in [5.41, 5.74) is 2.23. The number of rotatable bonds is 3. The fourth-order valence-electron chi connectivity index (χ4n) is 3.31. The third-order valence-electron chi connectivity index (χ3n) is 4.76. The molecular weight excluding hydrogens is 292 g/mol. The molecule has 2 heterocycles. The molecule has 23 heavy (non-hydrogen) atoms. The number of ether oxygens (including phenoxy) is 1. The highest BCUT2D eigenvalue weighted by Gasteiger charge is 2.29. The first-order valence-electron chi connectivity index (χ1n) is 8.01. The van der Waals surface area contributed by atoms with Gasteiger partial charge in [0.15, 0.2) is 0 Å². The van der Waals surface area contributed by atoms with Crippen molar-refractivity contribution in [2.45, 2.75) is 26.2 Å². The van der Waals surface area contributed by atoms with Crippen molar-refractivity contribution in [3.8, 4) is 5.75 Å². The molecule has 0 N–H and O–H groups in total. The van der Waals surface area contributed by atoms with E-state index in [2.05, 4.69) is 0 Å². The Morgan fingerprint density at radius 3 is 2.48 bits per heavy atom. The summed E-state index contributed by atoms with van der Waals surface area (Å²) in [5.74, 6) is -0.117. The Balaban J connectivity index is 2.05. The molecule has 0 spiro atoms. The van der Waals surface area contributed by atoms with E-state index in [4.69, 9.17) is 4.74 Å². The van der Waals surface area contributed by atoms with Crippen LogP contribution in [0.3, 0.4) is 0 Å². The van der Waals surface area contributed by atoms with Gasteiger partial charge in [0.05, 0.1) is 12.7 Å². The van der Waals surface area contributed by atoms with Gasteiger partial charge in [0.1, 0.15) is 5.75 Å². The number of aromatic nitrogens is 1. The van der Waals surface area contributed by atoms with Crippen molar-refractivity contribution in [1.29, 1.82) is 0 Å². The highest BCUT2D eigenvalue weighted by molar-refractivity contribution is 6.45. The minimum atomic E-state index is -0.414. The molecule has 1 amide bonds. The maximum atomic E-state index is 12.8. The zero-order valence-corrected chi connectivity index (χ0v) is 13.9. The molecule has 0 atom stereocenters. The van der Waals surface area contributed by atoms with E-state index in [9.17, 15) is 9.59 Å². The quantitative estimate of drug-likeness (QED) is 0.646. The lowest BCUT2D eigenvalue weighted by molar-refractivity contribution is -0.127. The number of amides is 1. The van der Waals surface area contributed by atoms with E-state index in [1.54, 1.807) is 12.0 Å². The van der Waals surface area contributed by atoms with Gasteiger partial charge in [0.25, 0.3) is 11.7 Å². The molecule has 1 fully saturated rings. The van der Waals surface area contributed by atoms with Crippen LogP contribution in [0.15, 0.2) is 18.2 Å². The zero-order chi connectivity index (χ0) is 16.6. The molecule has 3 rings (SSSR count). The topological polar surface area (TPSA) is 51.5 Å². The van der Waals surface area contributed by atoms with Crippen LogP contribution in [0, 0.1) is 6.92 Å². The third-order valence-corrected chi connectivity index (χ3v) is 4.76. The zero-order valence-electron chi connectivity index (χ0n) is 13.9. The van der Waals surface area contributed by atoms with Crippen LogP contribution in [0.1, 0.15) is 35.3 Å². The number of methoxy groups -OCH3 is 1. The van der Waals surface area contributed by atoms with E-state index in [1.165, 1.54) is 0 Å². The smallest absolute Gasteiger partial charge is 0.295 e. The Morgan fingerprint density at radius 2 is 1.83 bits per heavy atom. The Bertz CT molecular complexity index is 770. The number of ketones is 1. The number of carbonyl (C=O) groups excluding carboxylic acids is 2. The molecule has 1 saturated heterocycles. The molecule has 5 heteroatoms. The van der Waals surface area contributed by atoms with Crippen molar-refractivity contribution in [3.63, 3.8) is 0 Å². The van der Waals surface area contributed by atoms with Crippen LogP contribution < -0.4 is 4.74 Å². The van der Waals surface area contributed by atoms with Crippen molar-refractivity contribution >= 4 is 22.6 Å². The van der Waals surface area contributed by atoms with Crippen LogP contribution in [0.4, 0.5) is 0 Å². The van der Waals surface area contributed by atoms with E-state index in [1.807, 2.05) is 36.7 Å². The predicted octanol–water partition coefficient (Wildman–Crippen LogP) is 2.69. The van der Waals surface area contributed by atoms with Gasteiger partial charge in [-0.25, -0.2) is 0 Å². The van der Waals surface area contributed by atoms with Crippen molar-refractivity contribution in [2.75, 3.05) is 20.2 Å². The van der Waals surface area contributed by atoms with Crippen LogP contribution in [0.25, 0.3) is 10.9 Å². The Labute approximate surface area is 135 Å².